The fourth-order valence-corrected chi connectivity index (χ4v) is 4.32. The van der Waals surface area contributed by atoms with Gasteiger partial charge in [-0.05, 0) is 44.0 Å². The van der Waals surface area contributed by atoms with Gasteiger partial charge in [-0.1, -0.05) is 47.7 Å². The van der Waals surface area contributed by atoms with E-state index in [-0.39, 0.29) is 6.04 Å². The van der Waals surface area contributed by atoms with E-state index >= 15 is 0 Å². The maximum atomic E-state index is 12.8. The van der Waals surface area contributed by atoms with Gasteiger partial charge in [0, 0.05) is 12.1 Å². The number of hydrogen-bond donors (Lipinski definition) is 0. The zero-order valence-electron chi connectivity index (χ0n) is 13.1. The maximum absolute atomic E-state index is 12.8. The lowest BCUT2D eigenvalue weighted by atomic mass is 10.2. The number of hydrogen-bond acceptors (Lipinski definition) is 2. The summed E-state index contributed by atoms with van der Waals surface area (Å²) in [4.78, 5) is 0.344. The summed E-state index contributed by atoms with van der Waals surface area (Å²) in [7, 11) is -3.48. The van der Waals surface area contributed by atoms with Crippen LogP contribution in [0.3, 0.4) is 0 Å². The van der Waals surface area contributed by atoms with Crippen molar-refractivity contribution in [3.8, 4) is 11.8 Å². The Morgan fingerprint density at radius 1 is 1.04 bits per heavy atom. The van der Waals surface area contributed by atoms with Crippen molar-refractivity contribution in [2.24, 2.45) is 0 Å². The number of rotatable bonds is 2. The van der Waals surface area contributed by atoms with Crippen molar-refractivity contribution in [2.45, 2.75) is 30.7 Å². The van der Waals surface area contributed by atoms with Gasteiger partial charge < -0.3 is 0 Å². The average molecular weight is 325 g/mol. The van der Waals surface area contributed by atoms with Crippen LogP contribution in [0, 0.1) is 18.8 Å². The van der Waals surface area contributed by atoms with E-state index in [0.29, 0.717) is 11.4 Å². The summed E-state index contributed by atoms with van der Waals surface area (Å²) < 4.78 is 27.2. The Kier molecular flexibility index (Phi) is 4.51. The summed E-state index contributed by atoms with van der Waals surface area (Å²) in [5, 5.41) is 0. The fraction of sp³-hybridized carbons (Fsp3) is 0.263. The van der Waals surface area contributed by atoms with Crippen molar-refractivity contribution in [3.05, 3.63) is 65.7 Å². The molecule has 0 spiro atoms. The van der Waals surface area contributed by atoms with Crippen molar-refractivity contribution < 1.29 is 8.42 Å². The first-order valence-electron chi connectivity index (χ1n) is 7.72. The molecule has 2 aromatic carbocycles. The van der Waals surface area contributed by atoms with Crippen LogP contribution < -0.4 is 0 Å². The molecule has 0 bridgehead atoms. The zero-order valence-corrected chi connectivity index (χ0v) is 13.9. The first-order chi connectivity index (χ1) is 11.1. The minimum atomic E-state index is -3.48. The Hall–Kier alpha value is -2.09. The van der Waals surface area contributed by atoms with Crippen molar-refractivity contribution in [1.29, 1.82) is 0 Å². The smallest absolute Gasteiger partial charge is 0.207 e. The lowest BCUT2D eigenvalue weighted by Crippen LogP contribution is -2.34. The molecule has 3 nitrogen and oxygen atoms in total. The Labute approximate surface area is 138 Å². The zero-order chi connectivity index (χ0) is 16.3. The van der Waals surface area contributed by atoms with Gasteiger partial charge in [-0.2, -0.15) is 4.31 Å². The molecule has 118 valence electrons. The van der Waals surface area contributed by atoms with E-state index < -0.39 is 10.0 Å². The summed E-state index contributed by atoms with van der Waals surface area (Å²) in [5.74, 6) is 6.23. The van der Waals surface area contributed by atoms with Gasteiger partial charge >= 0.3 is 0 Å². The molecule has 1 atom stereocenters. The second-order valence-electron chi connectivity index (χ2n) is 5.72. The van der Waals surface area contributed by atoms with Gasteiger partial charge in [0.1, 0.15) is 0 Å². The number of nitrogens with zero attached hydrogens (tertiary/aromatic N) is 1. The van der Waals surface area contributed by atoms with Crippen LogP contribution in [0.2, 0.25) is 0 Å². The third kappa shape index (κ3) is 3.47. The standard InChI is InChI=1S/C19H19NO2S/c1-16-9-13-19(14-10-16)23(21,22)20-15-5-8-18(20)12-11-17-6-3-2-4-7-17/h2-4,6-7,9-10,13-14,18H,5,8,15H2,1H3/t18-/m1/s1. The third-order valence-electron chi connectivity index (χ3n) is 3.99. The molecule has 0 aliphatic carbocycles. The predicted octanol–water partition coefficient (Wildman–Crippen LogP) is 3.20. The molecule has 23 heavy (non-hydrogen) atoms. The topological polar surface area (TPSA) is 37.4 Å². The molecule has 1 fully saturated rings. The Bertz CT molecular complexity index is 830. The minimum Gasteiger partial charge on any atom is -0.207 e. The molecular formula is C19H19NO2S. The Balaban J connectivity index is 1.87. The molecule has 1 aliphatic rings. The van der Waals surface area contributed by atoms with Crippen LogP contribution in [-0.4, -0.2) is 25.3 Å². The average Bonchev–Trinajstić information content (AvgIpc) is 3.04. The van der Waals surface area contributed by atoms with E-state index in [4.69, 9.17) is 0 Å². The van der Waals surface area contributed by atoms with E-state index in [9.17, 15) is 8.42 Å². The van der Waals surface area contributed by atoms with E-state index in [2.05, 4.69) is 11.8 Å². The SMILES string of the molecule is Cc1ccc(S(=O)(=O)N2CCC[C@@H]2C#Cc2ccccc2)cc1. The molecule has 0 N–H and O–H groups in total. The van der Waals surface area contributed by atoms with E-state index in [1.807, 2.05) is 49.4 Å². The summed E-state index contributed by atoms with van der Waals surface area (Å²) >= 11 is 0. The highest BCUT2D eigenvalue weighted by Gasteiger charge is 2.34. The molecule has 1 saturated heterocycles. The van der Waals surface area contributed by atoms with E-state index in [1.165, 1.54) is 4.31 Å². The lowest BCUT2D eigenvalue weighted by molar-refractivity contribution is 0.439. The van der Waals surface area contributed by atoms with Crippen molar-refractivity contribution >= 4 is 10.0 Å². The van der Waals surface area contributed by atoms with E-state index in [0.717, 1.165) is 24.0 Å². The molecule has 3 rings (SSSR count). The molecule has 0 saturated carbocycles. The molecule has 2 aromatic rings. The molecule has 1 heterocycles. The molecule has 0 aromatic heterocycles. The molecule has 0 unspecified atom stereocenters. The van der Waals surface area contributed by atoms with Gasteiger partial charge in [0.15, 0.2) is 0 Å². The first kappa shape index (κ1) is 15.8. The Morgan fingerprint density at radius 3 is 2.43 bits per heavy atom. The minimum absolute atomic E-state index is 0.249. The molecule has 1 aliphatic heterocycles. The predicted molar refractivity (Wildman–Crippen MR) is 91.4 cm³/mol. The van der Waals surface area contributed by atoms with Gasteiger partial charge in [-0.25, -0.2) is 8.42 Å². The van der Waals surface area contributed by atoms with Crippen molar-refractivity contribution in [2.75, 3.05) is 6.54 Å². The summed E-state index contributed by atoms with van der Waals surface area (Å²) in [6.45, 7) is 2.48. The lowest BCUT2D eigenvalue weighted by Gasteiger charge is -2.20. The highest BCUT2D eigenvalue weighted by molar-refractivity contribution is 7.89. The van der Waals surface area contributed by atoms with Gasteiger partial charge in [0.05, 0.1) is 10.9 Å². The fourth-order valence-electron chi connectivity index (χ4n) is 2.71. The van der Waals surface area contributed by atoms with Crippen LogP contribution >= 0.6 is 0 Å². The second-order valence-corrected chi connectivity index (χ2v) is 7.61. The molecular weight excluding hydrogens is 306 g/mol. The van der Waals surface area contributed by atoms with Crippen LogP contribution in [0.25, 0.3) is 0 Å². The summed E-state index contributed by atoms with van der Waals surface area (Å²) in [6.07, 6.45) is 1.63. The van der Waals surface area contributed by atoms with Crippen LogP contribution in [0.15, 0.2) is 59.5 Å². The molecule has 4 heteroatoms. The number of benzene rings is 2. The normalized spacial score (nSPS) is 18.4. The van der Waals surface area contributed by atoms with Crippen LogP contribution in [-0.2, 0) is 10.0 Å². The highest BCUT2D eigenvalue weighted by atomic mass is 32.2. The van der Waals surface area contributed by atoms with Gasteiger partial charge in [-0.15, -0.1) is 0 Å². The maximum Gasteiger partial charge on any atom is 0.244 e. The second kappa shape index (κ2) is 6.57. The monoisotopic (exact) mass is 325 g/mol. The van der Waals surface area contributed by atoms with Crippen LogP contribution in [0.5, 0.6) is 0 Å². The van der Waals surface area contributed by atoms with Crippen molar-refractivity contribution in [3.63, 3.8) is 0 Å². The van der Waals surface area contributed by atoms with Crippen molar-refractivity contribution in [1.82, 2.24) is 4.31 Å². The summed E-state index contributed by atoms with van der Waals surface area (Å²) in [6, 6.07) is 16.4. The largest absolute Gasteiger partial charge is 0.244 e. The summed E-state index contributed by atoms with van der Waals surface area (Å²) in [5.41, 5.74) is 1.96. The molecule has 0 radical (unpaired) electrons. The quantitative estimate of drug-likeness (QED) is 0.795. The highest BCUT2D eigenvalue weighted by Crippen LogP contribution is 2.26. The number of sulfonamides is 1. The van der Waals surface area contributed by atoms with Crippen LogP contribution in [0.1, 0.15) is 24.0 Å². The first-order valence-corrected chi connectivity index (χ1v) is 9.16. The third-order valence-corrected chi connectivity index (χ3v) is 5.91. The van der Waals surface area contributed by atoms with Gasteiger partial charge in [0.25, 0.3) is 0 Å². The van der Waals surface area contributed by atoms with Gasteiger partial charge in [0.2, 0.25) is 10.0 Å². The Morgan fingerprint density at radius 2 is 1.74 bits per heavy atom. The van der Waals surface area contributed by atoms with Gasteiger partial charge in [-0.3, -0.25) is 0 Å². The van der Waals surface area contributed by atoms with Crippen LogP contribution in [0.4, 0.5) is 0 Å². The number of aryl methyl sites for hydroxylation is 1. The molecule has 0 amide bonds. The van der Waals surface area contributed by atoms with E-state index in [1.54, 1.807) is 12.1 Å².